The largest absolute Gasteiger partial charge is 0.393 e. The summed E-state index contributed by atoms with van der Waals surface area (Å²) >= 11 is 0. The summed E-state index contributed by atoms with van der Waals surface area (Å²) in [5.41, 5.74) is 0. The molecule has 0 radical (unpaired) electrons. The molecule has 0 bridgehead atoms. The topological polar surface area (TPSA) is 20.2 Å². The zero-order valence-corrected chi connectivity index (χ0v) is 8.42. The van der Waals surface area contributed by atoms with Gasteiger partial charge in [0.25, 0.3) is 0 Å². The predicted octanol–water partition coefficient (Wildman–Crippen LogP) is 3.14. The van der Waals surface area contributed by atoms with Crippen LogP contribution in [0.4, 0.5) is 0 Å². The fourth-order valence-electron chi connectivity index (χ4n) is 1.50. The van der Waals surface area contributed by atoms with Crippen molar-refractivity contribution in [2.75, 3.05) is 0 Å². The van der Waals surface area contributed by atoms with E-state index >= 15 is 0 Å². The third-order valence-corrected chi connectivity index (χ3v) is 2.41. The lowest BCUT2D eigenvalue weighted by molar-refractivity contribution is 0.101. The quantitative estimate of drug-likeness (QED) is 0.582. The second-order valence-corrected chi connectivity index (χ2v) is 3.40. The van der Waals surface area contributed by atoms with Gasteiger partial charge in [0.1, 0.15) is 0 Å². The molecule has 0 saturated carbocycles. The Hall–Kier alpha value is -0.300. The SMILES string of the molecule is C=CCC(O)C(CC)CCCC. The van der Waals surface area contributed by atoms with Gasteiger partial charge in [-0.05, 0) is 18.8 Å². The average Bonchev–Trinajstić information content (AvgIpc) is 2.06. The van der Waals surface area contributed by atoms with Crippen LogP contribution in [0.3, 0.4) is 0 Å². The van der Waals surface area contributed by atoms with Crippen molar-refractivity contribution < 1.29 is 5.11 Å². The first-order chi connectivity index (χ1) is 5.76. The van der Waals surface area contributed by atoms with Crippen molar-refractivity contribution in [3.63, 3.8) is 0 Å². The maximum atomic E-state index is 9.66. The zero-order chi connectivity index (χ0) is 9.40. The van der Waals surface area contributed by atoms with Crippen molar-refractivity contribution >= 4 is 0 Å². The van der Waals surface area contributed by atoms with Crippen LogP contribution in [0.2, 0.25) is 0 Å². The highest BCUT2D eigenvalue weighted by molar-refractivity contribution is 4.77. The molecule has 12 heavy (non-hydrogen) atoms. The number of rotatable bonds is 7. The molecule has 0 aromatic carbocycles. The normalized spacial score (nSPS) is 15.6. The van der Waals surface area contributed by atoms with Crippen LogP contribution in [0.25, 0.3) is 0 Å². The Balaban J connectivity index is 3.69. The molecule has 0 rings (SSSR count). The second kappa shape index (κ2) is 7.35. The molecule has 0 aliphatic rings. The van der Waals surface area contributed by atoms with Crippen LogP contribution in [0.15, 0.2) is 12.7 Å². The summed E-state index contributed by atoms with van der Waals surface area (Å²) in [5.74, 6) is 0.475. The number of unbranched alkanes of at least 4 members (excludes halogenated alkanes) is 1. The van der Waals surface area contributed by atoms with E-state index in [4.69, 9.17) is 0 Å². The highest BCUT2D eigenvalue weighted by Crippen LogP contribution is 2.19. The van der Waals surface area contributed by atoms with Gasteiger partial charge in [-0.15, -0.1) is 6.58 Å². The van der Waals surface area contributed by atoms with E-state index in [1.54, 1.807) is 6.08 Å². The molecular formula is C11H22O. The van der Waals surface area contributed by atoms with Crippen LogP contribution < -0.4 is 0 Å². The first kappa shape index (κ1) is 11.7. The van der Waals surface area contributed by atoms with Crippen molar-refractivity contribution in [3.8, 4) is 0 Å². The molecule has 0 aliphatic carbocycles. The lowest BCUT2D eigenvalue weighted by Crippen LogP contribution is -2.18. The van der Waals surface area contributed by atoms with E-state index in [-0.39, 0.29) is 6.10 Å². The minimum absolute atomic E-state index is 0.168. The average molecular weight is 170 g/mol. The Bertz CT molecular complexity index is 110. The number of hydrogen-bond donors (Lipinski definition) is 1. The monoisotopic (exact) mass is 170 g/mol. The van der Waals surface area contributed by atoms with Crippen molar-refractivity contribution in [2.24, 2.45) is 5.92 Å². The predicted molar refractivity (Wildman–Crippen MR) is 54.1 cm³/mol. The molecule has 0 saturated heterocycles. The fourth-order valence-corrected chi connectivity index (χ4v) is 1.50. The summed E-state index contributed by atoms with van der Waals surface area (Å²) in [6.07, 6.45) is 7.06. The van der Waals surface area contributed by atoms with Gasteiger partial charge in [0, 0.05) is 0 Å². The Morgan fingerprint density at radius 1 is 1.42 bits per heavy atom. The first-order valence-corrected chi connectivity index (χ1v) is 5.05. The van der Waals surface area contributed by atoms with E-state index in [0.717, 1.165) is 19.3 Å². The number of aliphatic hydroxyl groups is 1. The second-order valence-electron chi connectivity index (χ2n) is 3.40. The summed E-state index contributed by atoms with van der Waals surface area (Å²) in [6.45, 7) is 7.97. The Kier molecular flexibility index (Phi) is 7.17. The van der Waals surface area contributed by atoms with E-state index in [1.807, 2.05) is 0 Å². The molecule has 72 valence electrons. The smallest absolute Gasteiger partial charge is 0.0602 e. The van der Waals surface area contributed by atoms with E-state index < -0.39 is 0 Å². The van der Waals surface area contributed by atoms with Crippen LogP contribution in [0, 0.1) is 5.92 Å². The molecule has 2 atom stereocenters. The highest BCUT2D eigenvalue weighted by atomic mass is 16.3. The summed E-state index contributed by atoms with van der Waals surface area (Å²) < 4.78 is 0. The number of aliphatic hydroxyl groups excluding tert-OH is 1. The molecule has 2 unspecified atom stereocenters. The minimum atomic E-state index is -0.168. The van der Waals surface area contributed by atoms with Crippen LogP contribution in [0.1, 0.15) is 46.0 Å². The molecule has 0 aromatic heterocycles. The minimum Gasteiger partial charge on any atom is -0.393 e. The highest BCUT2D eigenvalue weighted by Gasteiger charge is 2.14. The fraction of sp³-hybridized carbons (Fsp3) is 0.818. The lowest BCUT2D eigenvalue weighted by atomic mass is 9.92. The molecule has 0 fully saturated rings. The summed E-state index contributed by atoms with van der Waals surface area (Å²) in [6, 6.07) is 0. The molecular weight excluding hydrogens is 148 g/mol. The van der Waals surface area contributed by atoms with Crippen LogP contribution >= 0.6 is 0 Å². The molecule has 1 N–H and O–H groups in total. The van der Waals surface area contributed by atoms with Gasteiger partial charge < -0.3 is 5.11 Å². The Morgan fingerprint density at radius 2 is 2.08 bits per heavy atom. The maximum Gasteiger partial charge on any atom is 0.0602 e. The van der Waals surface area contributed by atoms with Gasteiger partial charge in [-0.3, -0.25) is 0 Å². The van der Waals surface area contributed by atoms with Gasteiger partial charge in [-0.25, -0.2) is 0 Å². The molecule has 1 heteroatoms. The molecule has 0 aliphatic heterocycles. The van der Waals surface area contributed by atoms with Gasteiger partial charge in [-0.1, -0.05) is 39.2 Å². The molecule has 0 spiro atoms. The van der Waals surface area contributed by atoms with Gasteiger partial charge in [0.05, 0.1) is 6.10 Å². The van der Waals surface area contributed by atoms with Gasteiger partial charge in [0.2, 0.25) is 0 Å². The molecule has 0 aromatic rings. The van der Waals surface area contributed by atoms with Gasteiger partial charge in [-0.2, -0.15) is 0 Å². The van der Waals surface area contributed by atoms with E-state index in [9.17, 15) is 5.11 Å². The summed E-state index contributed by atoms with van der Waals surface area (Å²) in [7, 11) is 0. The third-order valence-electron chi connectivity index (χ3n) is 2.41. The summed E-state index contributed by atoms with van der Waals surface area (Å²) in [4.78, 5) is 0. The Labute approximate surface area is 76.5 Å². The lowest BCUT2D eigenvalue weighted by Gasteiger charge is -2.19. The molecule has 0 amide bonds. The maximum absolute atomic E-state index is 9.66. The van der Waals surface area contributed by atoms with Crippen molar-refractivity contribution in [1.29, 1.82) is 0 Å². The standard InChI is InChI=1S/C11H22O/c1-4-7-9-10(6-3)11(12)8-5-2/h5,10-12H,2,4,6-9H2,1,3H3. The van der Waals surface area contributed by atoms with E-state index in [1.165, 1.54) is 12.8 Å². The third kappa shape index (κ3) is 4.55. The van der Waals surface area contributed by atoms with E-state index in [2.05, 4.69) is 20.4 Å². The van der Waals surface area contributed by atoms with Gasteiger partial charge in [0.15, 0.2) is 0 Å². The Morgan fingerprint density at radius 3 is 2.50 bits per heavy atom. The summed E-state index contributed by atoms with van der Waals surface area (Å²) in [5, 5.41) is 9.66. The van der Waals surface area contributed by atoms with Crippen molar-refractivity contribution in [2.45, 2.75) is 52.1 Å². The van der Waals surface area contributed by atoms with Crippen molar-refractivity contribution in [1.82, 2.24) is 0 Å². The molecule has 1 nitrogen and oxygen atoms in total. The molecule has 0 heterocycles. The van der Waals surface area contributed by atoms with Crippen LogP contribution in [-0.4, -0.2) is 11.2 Å². The zero-order valence-electron chi connectivity index (χ0n) is 8.42. The van der Waals surface area contributed by atoms with Crippen LogP contribution in [0.5, 0.6) is 0 Å². The van der Waals surface area contributed by atoms with Crippen LogP contribution in [-0.2, 0) is 0 Å². The van der Waals surface area contributed by atoms with Gasteiger partial charge >= 0.3 is 0 Å². The van der Waals surface area contributed by atoms with Crippen molar-refractivity contribution in [3.05, 3.63) is 12.7 Å². The van der Waals surface area contributed by atoms with E-state index in [0.29, 0.717) is 5.92 Å². The number of hydrogen-bond acceptors (Lipinski definition) is 1. The first-order valence-electron chi connectivity index (χ1n) is 5.05.